The van der Waals surface area contributed by atoms with Gasteiger partial charge in [-0.15, -0.1) is 0 Å². The molecule has 0 fully saturated rings. The van der Waals surface area contributed by atoms with Crippen LogP contribution in [0.5, 0.6) is 0 Å². The highest BCUT2D eigenvalue weighted by molar-refractivity contribution is 7.99. The number of aromatic nitrogens is 2. The summed E-state index contributed by atoms with van der Waals surface area (Å²) in [4.78, 5) is 11.1. The Labute approximate surface area is 106 Å². The number of carbonyl (C=O) groups excluding carboxylic acids is 1. The second kappa shape index (κ2) is 8.00. The maximum atomic E-state index is 11.1. The van der Waals surface area contributed by atoms with E-state index in [1.165, 1.54) is 11.5 Å². The van der Waals surface area contributed by atoms with E-state index in [2.05, 4.69) is 22.7 Å². The molecule has 0 saturated carbocycles. The lowest BCUT2D eigenvalue weighted by molar-refractivity contribution is -0.121. The number of anilines is 1. The summed E-state index contributed by atoms with van der Waals surface area (Å²) in [6, 6.07) is 0. The number of nitrogens with zero attached hydrogens (tertiary/aromatic N) is 2. The summed E-state index contributed by atoms with van der Waals surface area (Å²) in [5.41, 5.74) is 0.968. The van der Waals surface area contributed by atoms with Crippen LogP contribution in [0.2, 0.25) is 0 Å². The standard InChI is InChI=1S/C11H20N4OS/c1-3-17-6-4-5-13-10-7-14-15(8-10)9-11(16)12-2/h7-8,13H,3-6,9H2,1-2H3,(H,12,16). The van der Waals surface area contributed by atoms with Crippen molar-refractivity contribution in [2.45, 2.75) is 19.9 Å². The van der Waals surface area contributed by atoms with Crippen molar-refractivity contribution in [3.8, 4) is 0 Å². The highest BCUT2D eigenvalue weighted by Gasteiger charge is 2.02. The van der Waals surface area contributed by atoms with Gasteiger partial charge in [0.1, 0.15) is 6.54 Å². The number of hydrogen-bond donors (Lipinski definition) is 2. The third-order valence-electron chi connectivity index (χ3n) is 2.22. The van der Waals surface area contributed by atoms with Gasteiger partial charge in [0.2, 0.25) is 5.91 Å². The van der Waals surface area contributed by atoms with E-state index in [0.717, 1.165) is 18.7 Å². The van der Waals surface area contributed by atoms with Gasteiger partial charge in [-0.25, -0.2) is 0 Å². The van der Waals surface area contributed by atoms with Crippen molar-refractivity contribution in [2.75, 3.05) is 30.4 Å². The molecule has 5 nitrogen and oxygen atoms in total. The van der Waals surface area contributed by atoms with E-state index in [9.17, 15) is 4.79 Å². The van der Waals surface area contributed by atoms with Crippen molar-refractivity contribution in [2.24, 2.45) is 0 Å². The van der Waals surface area contributed by atoms with Gasteiger partial charge in [0.15, 0.2) is 0 Å². The van der Waals surface area contributed by atoms with Crippen LogP contribution in [0.4, 0.5) is 5.69 Å². The first-order valence-electron chi connectivity index (χ1n) is 5.81. The zero-order valence-corrected chi connectivity index (χ0v) is 11.2. The number of rotatable bonds is 8. The first-order chi connectivity index (χ1) is 8.26. The van der Waals surface area contributed by atoms with Gasteiger partial charge in [-0.3, -0.25) is 9.48 Å². The van der Waals surface area contributed by atoms with E-state index in [-0.39, 0.29) is 12.5 Å². The SMILES string of the molecule is CCSCCCNc1cnn(CC(=O)NC)c1. The lowest BCUT2D eigenvalue weighted by Gasteiger charge is -2.02. The molecule has 1 aromatic rings. The number of hydrogen-bond acceptors (Lipinski definition) is 4. The highest BCUT2D eigenvalue weighted by atomic mass is 32.2. The van der Waals surface area contributed by atoms with Gasteiger partial charge in [-0.05, 0) is 17.9 Å². The topological polar surface area (TPSA) is 59.0 Å². The Hall–Kier alpha value is -1.17. The monoisotopic (exact) mass is 256 g/mol. The molecule has 0 aliphatic carbocycles. The Kier molecular flexibility index (Phi) is 6.54. The molecule has 2 N–H and O–H groups in total. The molecule has 0 unspecified atom stereocenters. The second-order valence-electron chi connectivity index (χ2n) is 3.58. The Morgan fingerprint density at radius 2 is 2.41 bits per heavy atom. The van der Waals surface area contributed by atoms with E-state index in [4.69, 9.17) is 0 Å². The lowest BCUT2D eigenvalue weighted by atomic mass is 10.4. The third kappa shape index (κ3) is 5.63. The van der Waals surface area contributed by atoms with Crippen LogP contribution in [-0.2, 0) is 11.3 Å². The van der Waals surface area contributed by atoms with Crippen molar-refractivity contribution >= 4 is 23.4 Å². The van der Waals surface area contributed by atoms with Crippen molar-refractivity contribution in [1.29, 1.82) is 0 Å². The van der Waals surface area contributed by atoms with Gasteiger partial charge in [0.25, 0.3) is 0 Å². The average molecular weight is 256 g/mol. The zero-order valence-electron chi connectivity index (χ0n) is 10.4. The van der Waals surface area contributed by atoms with E-state index in [1.54, 1.807) is 17.9 Å². The van der Waals surface area contributed by atoms with Gasteiger partial charge < -0.3 is 10.6 Å². The molecule has 1 heterocycles. The summed E-state index contributed by atoms with van der Waals surface area (Å²) in [6.45, 7) is 3.38. The molecule has 1 rings (SSSR count). The maximum absolute atomic E-state index is 11.1. The molecule has 1 aromatic heterocycles. The fourth-order valence-corrected chi connectivity index (χ4v) is 1.96. The number of thioether (sulfide) groups is 1. The van der Waals surface area contributed by atoms with Crippen molar-refractivity contribution in [1.82, 2.24) is 15.1 Å². The van der Waals surface area contributed by atoms with Gasteiger partial charge in [0, 0.05) is 19.8 Å². The first kappa shape index (κ1) is 13.9. The Morgan fingerprint density at radius 3 is 3.12 bits per heavy atom. The van der Waals surface area contributed by atoms with Gasteiger partial charge >= 0.3 is 0 Å². The predicted molar refractivity (Wildman–Crippen MR) is 72.4 cm³/mol. The second-order valence-corrected chi connectivity index (χ2v) is 4.97. The van der Waals surface area contributed by atoms with E-state index in [1.807, 2.05) is 18.0 Å². The summed E-state index contributed by atoms with van der Waals surface area (Å²) >= 11 is 1.95. The molecule has 0 aromatic carbocycles. The lowest BCUT2D eigenvalue weighted by Crippen LogP contribution is -2.23. The smallest absolute Gasteiger partial charge is 0.241 e. The first-order valence-corrected chi connectivity index (χ1v) is 6.96. The van der Waals surface area contributed by atoms with Gasteiger partial charge in [-0.2, -0.15) is 16.9 Å². The van der Waals surface area contributed by atoms with Crippen molar-refractivity contribution in [3.05, 3.63) is 12.4 Å². The molecule has 17 heavy (non-hydrogen) atoms. The molecule has 1 amide bonds. The van der Waals surface area contributed by atoms with Crippen LogP contribution in [0.25, 0.3) is 0 Å². The molecule has 0 atom stereocenters. The molecule has 0 aliphatic heterocycles. The zero-order chi connectivity index (χ0) is 12.5. The quantitative estimate of drug-likeness (QED) is 0.686. The molecule has 96 valence electrons. The van der Waals surface area contributed by atoms with Crippen LogP contribution in [-0.4, -0.2) is 40.8 Å². The number of nitrogens with one attached hydrogen (secondary N) is 2. The average Bonchev–Trinajstić information content (AvgIpc) is 2.76. The van der Waals surface area contributed by atoms with Gasteiger partial charge in [0.05, 0.1) is 11.9 Å². The normalized spacial score (nSPS) is 10.2. The van der Waals surface area contributed by atoms with Crippen LogP contribution >= 0.6 is 11.8 Å². The Bertz CT molecular complexity index is 340. The largest absolute Gasteiger partial charge is 0.382 e. The third-order valence-corrected chi connectivity index (χ3v) is 3.20. The fraction of sp³-hybridized carbons (Fsp3) is 0.636. The van der Waals surface area contributed by atoms with E-state index >= 15 is 0 Å². The van der Waals surface area contributed by atoms with Crippen molar-refractivity contribution < 1.29 is 4.79 Å². The minimum absolute atomic E-state index is 0.0426. The highest BCUT2D eigenvalue weighted by Crippen LogP contribution is 2.06. The molecule has 0 spiro atoms. The Morgan fingerprint density at radius 1 is 1.59 bits per heavy atom. The van der Waals surface area contributed by atoms with Crippen molar-refractivity contribution in [3.63, 3.8) is 0 Å². The van der Waals surface area contributed by atoms with Crippen LogP contribution in [0.1, 0.15) is 13.3 Å². The van der Waals surface area contributed by atoms with Gasteiger partial charge in [-0.1, -0.05) is 6.92 Å². The molecular weight excluding hydrogens is 236 g/mol. The molecule has 0 bridgehead atoms. The molecule has 0 radical (unpaired) electrons. The summed E-state index contributed by atoms with van der Waals surface area (Å²) in [7, 11) is 1.62. The van der Waals surface area contributed by atoms with E-state index < -0.39 is 0 Å². The van der Waals surface area contributed by atoms with E-state index in [0.29, 0.717) is 0 Å². The minimum Gasteiger partial charge on any atom is -0.382 e. The summed E-state index contributed by atoms with van der Waals surface area (Å²) < 4.78 is 1.63. The van der Waals surface area contributed by atoms with Crippen LogP contribution in [0, 0.1) is 0 Å². The summed E-state index contributed by atoms with van der Waals surface area (Å²) in [5, 5.41) is 9.96. The summed E-state index contributed by atoms with van der Waals surface area (Å²) in [5.74, 6) is 2.30. The van der Waals surface area contributed by atoms with Crippen LogP contribution in [0.3, 0.4) is 0 Å². The van der Waals surface area contributed by atoms with Crippen LogP contribution in [0.15, 0.2) is 12.4 Å². The summed E-state index contributed by atoms with van der Waals surface area (Å²) in [6.07, 6.45) is 4.73. The minimum atomic E-state index is -0.0426. The fourth-order valence-electron chi connectivity index (χ4n) is 1.32. The number of likely N-dealkylation sites (N-methyl/N-ethyl adjacent to an activating group) is 1. The molecular formula is C11H20N4OS. The number of carbonyl (C=O) groups is 1. The molecule has 6 heteroatoms. The van der Waals surface area contributed by atoms with Crippen LogP contribution < -0.4 is 10.6 Å². The molecule has 0 aliphatic rings. The maximum Gasteiger partial charge on any atom is 0.241 e. The predicted octanol–water partition coefficient (Wildman–Crippen LogP) is 1.18. The number of amides is 1. The molecule has 0 saturated heterocycles. The Balaban J connectivity index is 2.23.